The first-order valence-electron chi connectivity index (χ1n) is 16.5. The number of furan rings is 1. The van der Waals surface area contributed by atoms with Gasteiger partial charge in [0.05, 0.1) is 11.0 Å². The van der Waals surface area contributed by atoms with Crippen molar-refractivity contribution in [2.45, 2.75) is 0 Å². The fourth-order valence-corrected chi connectivity index (χ4v) is 8.11. The van der Waals surface area contributed by atoms with Gasteiger partial charge in [-0.15, -0.1) is 0 Å². The molecule has 0 unspecified atom stereocenters. The Morgan fingerprint density at radius 1 is 0.312 bits per heavy atom. The number of benzene rings is 9. The quantitative estimate of drug-likeness (QED) is 0.178. The van der Waals surface area contributed by atoms with Crippen LogP contribution in [0.3, 0.4) is 0 Å². The standard InChI is InChI=1S/C46H27NO/c1-2-11-30-25-45-41(24-29(30)10-1)42-26-39-34-15-4-3-14-33(34)38-23-31(20-21-35(38)40(39)27-46(42)48-45)28-12-9-13-32(22-28)47-43-18-7-5-16-36(43)37-17-6-8-19-44(37)47/h1-27H. The van der Waals surface area contributed by atoms with E-state index >= 15 is 0 Å². The summed E-state index contributed by atoms with van der Waals surface area (Å²) in [5.74, 6) is 0. The van der Waals surface area contributed by atoms with Gasteiger partial charge in [0.15, 0.2) is 0 Å². The first-order chi connectivity index (χ1) is 23.8. The largest absolute Gasteiger partial charge is 0.456 e. The van der Waals surface area contributed by atoms with Crippen LogP contribution in [0.4, 0.5) is 0 Å². The van der Waals surface area contributed by atoms with Crippen molar-refractivity contribution in [1.29, 1.82) is 0 Å². The Balaban J connectivity index is 1.14. The molecular formula is C46H27NO. The van der Waals surface area contributed by atoms with E-state index in [-0.39, 0.29) is 0 Å². The van der Waals surface area contributed by atoms with Crippen molar-refractivity contribution in [2.75, 3.05) is 0 Å². The minimum absolute atomic E-state index is 0.923. The van der Waals surface area contributed by atoms with Crippen LogP contribution >= 0.6 is 0 Å². The Bertz CT molecular complexity index is 3070. The number of aromatic nitrogens is 1. The van der Waals surface area contributed by atoms with E-state index in [9.17, 15) is 0 Å². The number of rotatable bonds is 2. The van der Waals surface area contributed by atoms with Crippen LogP contribution in [0.2, 0.25) is 0 Å². The topological polar surface area (TPSA) is 18.1 Å². The third kappa shape index (κ3) is 3.57. The van der Waals surface area contributed by atoms with Gasteiger partial charge in [-0.1, -0.05) is 109 Å². The highest BCUT2D eigenvalue weighted by molar-refractivity contribution is 6.29. The molecule has 2 nitrogen and oxygen atoms in total. The molecule has 0 radical (unpaired) electrons. The van der Waals surface area contributed by atoms with Crippen molar-refractivity contribution in [3.8, 4) is 16.8 Å². The molecule has 2 heteroatoms. The van der Waals surface area contributed by atoms with E-state index in [1.165, 1.54) is 76.0 Å². The molecule has 0 saturated carbocycles. The molecule has 11 rings (SSSR count). The molecule has 0 saturated heterocycles. The number of para-hydroxylation sites is 2. The third-order valence-electron chi connectivity index (χ3n) is 10.3. The lowest BCUT2D eigenvalue weighted by molar-refractivity contribution is 0.670. The van der Waals surface area contributed by atoms with Crippen LogP contribution in [0.15, 0.2) is 168 Å². The van der Waals surface area contributed by atoms with E-state index in [2.05, 4.69) is 168 Å². The number of hydrogen-bond donors (Lipinski definition) is 0. The molecule has 2 heterocycles. The van der Waals surface area contributed by atoms with Gasteiger partial charge in [-0.2, -0.15) is 0 Å². The summed E-state index contributed by atoms with van der Waals surface area (Å²) in [6, 6.07) is 59.6. The van der Waals surface area contributed by atoms with Gasteiger partial charge in [0.1, 0.15) is 11.2 Å². The smallest absolute Gasteiger partial charge is 0.136 e. The Morgan fingerprint density at radius 2 is 0.854 bits per heavy atom. The Hall–Kier alpha value is -6.38. The minimum atomic E-state index is 0.923. The van der Waals surface area contributed by atoms with Crippen molar-refractivity contribution < 1.29 is 4.42 Å². The molecule has 0 atom stereocenters. The predicted molar refractivity (Wildman–Crippen MR) is 204 cm³/mol. The molecule has 0 fully saturated rings. The highest BCUT2D eigenvalue weighted by atomic mass is 16.3. The third-order valence-corrected chi connectivity index (χ3v) is 10.3. The fraction of sp³-hybridized carbons (Fsp3) is 0. The van der Waals surface area contributed by atoms with Crippen molar-refractivity contribution in [3.63, 3.8) is 0 Å². The second-order valence-corrected chi connectivity index (χ2v) is 12.9. The zero-order valence-corrected chi connectivity index (χ0v) is 25.9. The molecule has 0 bridgehead atoms. The highest BCUT2D eigenvalue weighted by Crippen LogP contribution is 2.42. The average Bonchev–Trinajstić information content (AvgIpc) is 3.67. The van der Waals surface area contributed by atoms with Crippen LogP contribution in [0.5, 0.6) is 0 Å². The van der Waals surface area contributed by atoms with Gasteiger partial charge in [0, 0.05) is 27.2 Å². The lowest BCUT2D eigenvalue weighted by Crippen LogP contribution is -1.94. The summed E-state index contributed by atoms with van der Waals surface area (Å²) in [6.45, 7) is 0. The molecule has 0 aliphatic carbocycles. The minimum Gasteiger partial charge on any atom is -0.456 e. The lowest BCUT2D eigenvalue weighted by Gasteiger charge is -2.13. The van der Waals surface area contributed by atoms with Crippen molar-refractivity contribution >= 4 is 86.8 Å². The zero-order chi connectivity index (χ0) is 31.3. The maximum atomic E-state index is 6.53. The van der Waals surface area contributed by atoms with E-state index in [0.717, 1.165) is 27.6 Å². The molecule has 0 spiro atoms. The monoisotopic (exact) mass is 609 g/mol. The summed E-state index contributed by atoms with van der Waals surface area (Å²) < 4.78 is 8.92. The van der Waals surface area contributed by atoms with Gasteiger partial charge < -0.3 is 8.98 Å². The van der Waals surface area contributed by atoms with Gasteiger partial charge >= 0.3 is 0 Å². The van der Waals surface area contributed by atoms with Crippen LogP contribution in [0.1, 0.15) is 0 Å². The molecule has 0 amide bonds. The lowest BCUT2D eigenvalue weighted by atomic mass is 9.91. The van der Waals surface area contributed by atoms with E-state index in [4.69, 9.17) is 4.42 Å². The van der Waals surface area contributed by atoms with Crippen LogP contribution in [0, 0.1) is 0 Å². The van der Waals surface area contributed by atoms with E-state index in [0.29, 0.717) is 0 Å². The number of nitrogens with zero attached hydrogens (tertiary/aromatic N) is 1. The second-order valence-electron chi connectivity index (χ2n) is 12.9. The zero-order valence-electron chi connectivity index (χ0n) is 25.9. The van der Waals surface area contributed by atoms with Crippen molar-refractivity contribution in [1.82, 2.24) is 4.57 Å². The predicted octanol–water partition coefficient (Wildman–Crippen LogP) is 13.0. The van der Waals surface area contributed by atoms with Gasteiger partial charge in [-0.25, -0.2) is 0 Å². The van der Waals surface area contributed by atoms with Gasteiger partial charge in [0.25, 0.3) is 0 Å². The fourth-order valence-electron chi connectivity index (χ4n) is 8.11. The summed E-state index contributed by atoms with van der Waals surface area (Å²) in [7, 11) is 0. The first-order valence-corrected chi connectivity index (χ1v) is 16.5. The van der Waals surface area contributed by atoms with E-state index < -0.39 is 0 Å². The van der Waals surface area contributed by atoms with Crippen LogP contribution in [0.25, 0.3) is 104 Å². The SMILES string of the molecule is c1cc(-c2ccc3c(c2)c2ccccc2c2cc4c(cc32)oc2cc3ccccc3cc24)cc(-n2c3ccccc3c3ccccc32)c1. The Kier molecular flexibility index (Phi) is 5.14. The number of hydrogen-bond acceptors (Lipinski definition) is 1. The molecule has 222 valence electrons. The normalized spacial score (nSPS) is 12.2. The van der Waals surface area contributed by atoms with Crippen molar-refractivity contribution in [2.24, 2.45) is 0 Å². The summed E-state index contributed by atoms with van der Waals surface area (Å²) in [4.78, 5) is 0. The average molecular weight is 610 g/mol. The van der Waals surface area contributed by atoms with Gasteiger partial charge in [0.2, 0.25) is 0 Å². The van der Waals surface area contributed by atoms with E-state index in [1.807, 2.05) is 0 Å². The summed E-state index contributed by atoms with van der Waals surface area (Å²) >= 11 is 0. The highest BCUT2D eigenvalue weighted by Gasteiger charge is 2.16. The van der Waals surface area contributed by atoms with Gasteiger partial charge in [-0.05, 0) is 109 Å². The van der Waals surface area contributed by atoms with Crippen LogP contribution < -0.4 is 0 Å². The number of fused-ring (bicyclic) bond motifs is 13. The van der Waals surface area contributed by atoms with Gasteiger partial charge in [-0.3, -0.25) is 0 Å². The Morgan fingerprint density at radius 3 is 1.60 bits per heavy atom. The van der Waals surface area contributed by atoms with Crippen LogP contribution in [-0.2, 0) is 0 Å². The second kappa shape index (κ2) is 9.57. The molecule has 2 aromatic heterocycles. The van der Waals surface area contributed by atoms with Crippen molar-refractivity contribution in [3.05, 3.63) is 164 Å². The molecule has 9 aromatic carbocycles. The molecule has 0 N–H and O–H groups in total. The molecule has 48 heavy (non-hydrogen) atoms. The maximum absolute atomic E-state index is 6.53. The summed E-state index contributed by atoms with van der Waals surface area (Å²) in [5.41, 5.74) is 7.85. The summed E-state index contributed by atoms with van der Waals surface area (Å²) in [6.07, 6.45) is 0. The molecule has 0 aliphatic heterocycles. The summed E-state index contributed by atoms with van der Waals surface area (Å²) in [5, 5.41) is 14.8. The first kappa shape index (κ1) is 25.8. The van der Waals surface area contributed by atoms with E-state index in [1.54, 1.807) is 0 Å². The maximum Gasteiger partial charge on any atom is 0.136 e. The van der Waals surface area contributed by atoms with Crippen LogP contribution in [-0.4, -0.2) is 4.57 Å². The molecule has 0 aliphatic rings. The molecule has 11 aromatic rings. The molecular weight excluding hydrogens is 583 g/mol. The Labute approximate surface area is 275 Å².